The van der Waals surface area contributed by atoms with Crippen LogP contribution >= 0.6 is 0 Å². The van der Waals surface area contributed by atoms with Gasteiger partial charge >= 0.3 is 0 Å². The lowest BCUT2D eigenvalue weighted by Crippen LogP contribution is -2.30. The minimum atomic E-state index is 0.0999. The summed E-state index contributed by atoms with van der Waals surface area (Å²) >= 11 is 0. The third-order valence-corrected chi connectivity index (χ3v) is 6.76. The molecule has 0 aromatic heterocycles. The maximum atomic E-state index is 12.9. The number of nitrogens with zero attached hydrogens (tertiary/aromatic N) is 2. The molecule has 3 heteroatoms. The number of para-hydroxylation sites is 1. The Hall–Kier alpha value is -3.33. The smallest absolute Gasteiger partial charge is 0.253 e. The van der Waals surface area contributed by atoms with E-state index in [1.54, 1.807) is 0 Å². The van der Waals surface area contributed by atoms with Gasteiger partial charge in [0.2, 0.25) is 0 Å². The summed E-state index contributed by atoms with van der Waals surface area (Å²) in [5, 5.41) is 0. The molecular weight excluding hydrogens is 440 g/mol. The molecule has 0 unspecified atom stereocenters. The second-order valence-electron chi connectivity index (χ2n) is 9.16. The van der Waals surface area contributed by atoms with Gasteiger partial charge in [-0.1, -0.05) is 74.7 Å². The number of allylic oxidation sites excluding steroid dienone is 1. The highest BCUT2D eigenvalue weighted by molar-refractivity contribution is 5.95. The van der Waals surface area contributed by atoms with Crippen LogP contribution in [0.15, 0.2) is 84.4 Å². The molecule has 0 aliphatic rings. The molecule has 0 saturated heterocycles. The Bertz CT molecular complexity index is 1120. The highest BCUT2D eigenvalue weighted by Crippen LogP contribution is 2.35. The van der Waals surface area contributed by atoms with E-state index in [4.69, 9.17) is 0 Å². The van der Waals surface area contributed by atoms with Gasteiger partial charge in [-0.3, -0.25) is 4.79 Å². The SMILES string of the molecule is CCCC(CCC)=C(c1ccc(C(=O)N(CC)CC)cc1)c1cccc(N(CC)c2ccccc2)c1. The molecule has 0 aliphatic carbocycles. The number of carbonyl (C=O) groups is 1. The predicted octanol–water partition coefficient (Wildman–Crippen LogP) is 8.73. The standard InChI is InChI=1S/C33H42N2O/c1-6-15-26(16-7-2)32(27-21-23-28(24-22-27)33(36)34(8-3)9-4)29-17-14-20-31(25-29)35(10-5)30-18-12-11-13-19-30/h11-14,17-25H,6-10,15-16H2,1-5H3. The maximum absolute atomic E-state index is 12.9. The summed E-state index contributed by atoms with van der Waals surface area (Å²) in [6.45, 7) is 13.1. The Kier molecular flexibility index (Phi) is 10.4. The Morgan fingerprint density at radius 2 is 1.19 bits per heavy atom. The van der Waals surface area contributed by atoms with E-state index in [1.807, 2.05) is 30.9 Å². The fourth-order valence-corrected chi connectivity index (χ4v) is 4.98. The number of anilines is 2. The topological polar surface area (TPSA) is 23.6 Å². The van der Waals surface area contributed by atoms with E-state index in [-0.39, 0.29) is 5.91 Å². The van der Waals surface area contributed by atoms with Gasteiger partial charge in [0, 0.05) is 36.6 Å². The van der Waals surface area contributed by atoms with E-state index >= 15 is 0 Å². The van der Waals surface area contributed by atoms with Crippen molar-refractivity contribution in [3.63, 3.8) is 0 Å². The zero-order valence-corrected chi connectivity index (χ0v) is 22.8. The summed E-state index contributed by atoms with van der Waals surface area (Å²) in [6.07, 6.45) is 4.37. The van der Waals surface area contributed by atoms with Gasteiger partial charge < -0.3 is 9.80 Å². The van der Waals surface area contributed by atoms with E-state index in [9.17, 15) is 4.79 Å². The molecule has 0 fully saturated rings. The van der Waals surface area contributed by atoms with Crippen molar-refractivity contribution >= 4 is 22.9 Å². The molecule has 0 aliphatic heterocycles. The van der Waals surface area contributed by atoms with Crippen LogP contribution in [0, 0.1) is 0 Å². The average molecular weight is 483 g/mol. The molecule has 3 aromatic rings. The average Bonchev–Trinajstić information content (AvgIpc) is 2.91. The molecule has 0 spiro atoms. The van der Waals surface area contributed by atoms with Crippen molar-refractivity contribution in [2.45, 2.75) is 60.3 Å². The molecule has 0 bridgehead atoms. The van der Waals surface area contributed by atoms with Crippen LogP contribution in [-0.4, -0.2) is 30.4 Å². The molecule has 36 heavy (non-hydrogen) atoms. The largest absolute Gasteiger partial charge is 0.342 e. The van der Waals surface area contributed by atoms with E-state index in [0.29, 0.717) is 0 Å². The van der Waals surface area contributed by atoms with Crippen LogP contribution < -0.4 is 4.90 Å². The fourth-order valence-electron chi connectivity index (χ4n) is 4.98. The van der Waals surface area contributed by atoms with Gasteiger partial charge in [0.05, 0.1) is 0 Å². The normalized spacial score (nSPS) is 10.7. The molecular formula is C33H42N2O. The molecule has 0 atom stereocenters. The van der Waals surface area contributed by atoms with Crippen LogP contribution in [0.4, 0.5) is 11.4 Å². The van der Waals surface area contributed by atoms with Gasteiger partial charge in [-0.15, -0.1) is 0 Å². The Labute approximate surface area is 218 Å². The summed E-state index contributed by atoms with van der Waals surface area (Å²) < 4.78 is 0. The first-order valence-electron chi connectivity index (χ1n) is 13.6. The maximum Gasteiger partial charge on any atom is 0.253 e. The first-order valence-corrected chi connectivity index (χ1v) is 13.6. The molecule has 3 rings (SSSR count). The van der Waals surface area contributed by atoms with E-state index in [1.165, 1.54) is 33.6 Å². The van der Waals surface area contributed by atoms with E-state index < -0.39 is 0 Å². The van der Waals surface area contributed by atoms with Gasteiger partial charge in [-0.05, 0) is 86.7 Å². The third-order valence-electron chi connectivity index (χ3n) is 6.76. The van der Waals surface area contributed by atoms with Gasteiger partial charge in [0.15, 0.2) is 0 Å². The van der Waals surface area contributed by atoms with Gasteiger partial charge in [-0.2, -0.15) is 0 Å². The summed E-state index contributed by atoms with van der Waals surface area (Å²) in [4.78, 5) is 17.1. The number of carbonyl (C=O) groups excluding carboxylic acids is 1. The van der Waals surface area contributed by atoms with Crippen molar-refractivity contribution in [2.75, 3.05) is 24.5 Å². The van der Waals surface area contributed by atoms with Crippen LogP contribution in [-0.2, 0) is 0 Å². The van der Waals surface area contributed by atoms with Crippen molar-refractivity contribution in [3.8, 4) is 0 Å². The Morgan fingerprint density at radius 3 is 1.75 bits per heavy atom. The highest BCUT2D eigenvalue weighted by Gasteiger charge is 2.16. The lowest BCUT2D eigenvalue weighted by molar-refractivity contribution is 0.0773. The molecule has 3 aromatic carbocycles. The second-order valence-corrected chi connectivity index (χ2v) is 9.16. The molecule has 0 radical (unpaired) electrons. The monoisotopic (exact) mass is 482 g/mol. The number of amides is 1. The van der Waals surface area contributed by atoms with Gasteiger partial charge in [-0.25, -0.2) is 0 Å². The Morgan fingerprint density at radius 1 is 0.611 bits per heavy atom. The number of benzene rings is 3. The van der Waals surface area contributed by atoms with Crippen molar-refractivity contribution in [2.24, 2.45) is 0 Å². The van der Waals surface area contributed by atoms with Crippen molar-refractivity contribution < 1.29 is 4.79 Å². The second kappa shape index (κ2) is 13.7. The predicted molar refractivity (Wildman–Crippen MR) is 155 cm³/mol. The zero-order chi connectivity index (χ0) is 25.9. The summed E-state index contributed by atoms with van der Waals surface area (Å²) in [6, 6.07) is 27.8. The molecule has 0 heterocycles. The fraction of sp³-hybridized carbons (Fsp3) is 0.364. The van der Waals surface area contributed by atoms with Gasteiger partial charge in [0.1, 0.15) is 0 Å². The van der Waals surface area contributed by atoms with Crippen molar-refractivity contribution in [3.05, 3.63) is 101 Å². The summed E-state index contributed by atoms with van der Waals surface area (Å²) in [5.41, 5.74) is 8.37. The number of hydrogen-bond acceptors (Lipinski definition) is 2. The minimum absolute atomic E-state index is 0.0999. The van der Waals surface area contributed by atoms with Crippen molar-refractivity contribution in [1.82, 2.24) is 4.90 Å². The first-order chi connectivity index (χ1) is 17.6. The quantitative estimate of drug-likeness (QED) is 0.258. The van der Waals surface area contributed by atoms with Crippen LogP contribution in [0.25, 0.3) is 5.57 Å². The lowest BCUT2D eigenvalue weighted by atomic mass is 9.88. The highest BCUT2D eigenvalue weighted by atomic mass is 16.2. The molecule has 0 N–H and O–H groups in total. The van der Waals surface area contributed by atoms with E-state index in [2.05, 4.69) is 92.4 Å². The zero-order valence-electron chi connectivity index (χ0n) is 22.8. The minimum Gasteiger partial charge on any atom is -0.342 e. The summed E-state index contributed by atoms with van der Waals surface area (Å²) in [7, 11) is 0. The van der Waals surface area contributed by atoms with Crippen molar-refractivity contribution in [1.29, 1.82) is 0 Å². The molecule has 3 nitrogen and oxygen atoms in total. The van der Waals surface area contributed by atoms with Crippen LogP contribution in [0.3, 0.4) is 0 Å². The Balaban J connectivity index is 2.09. The van der Waals surface area contributed by atoms with Crippen LogP contribution in [0.2, 0.25) is 0 Å². The van der Waals surface area contributed by atoms with Crippen LogP contribution in [0.5, 0.6) is 0 Å². The first kappa shape index (κ1) is 27.3. The molecule has 190 valence electrons. The molecule has 0 saturated carbocycles. The van der Waals surface area contributed by atoms with E-state index in [0.717, 1.165) is 50.9 Å². The third kappa shape index (κ3) is 6.46. The lowest BCUT2D eigenvalue weighted by Gasteiger charge is -2.25. The number of hydrogen-bond donors (Lipinski definition) is 0. The van der Waals surface area contributed by atoms with Crippen LogP contribution in [0.1, 0.15) is 81.8 Å². The van der Waals surface area contributed by atoms with Gasteiger partial charge in [0.25, 0.3) is 5.91 Å². The number of rotatable bonds is 12. The summed E-state index contributed by atoms with van der Waals surface area (Å²) in [5.74, 6) is 0.0999. The molecule has 1 amide bonds.